The highest BCUT2D eigenvalue weighted by molar-refractivity contribution is 7.91. The number of anilines is 1. The van der Waals surface area contributed by atoms with Crippen LogP contribution in [0.15, 0.2) is 24.3 Å². The second kappa shape index (κ2) is 5.95. The predicted molar refractivity (Wildman–Crippen MR) is 80.4 cm³/mol. The molecule has 1 fully saturated rings. The van der Waals surface area contributed by atoms with Gasteiger partial charge in [0.1, 0.15) is 0 Å². The SMILES string of the molecule is CCC(C)c1ccc(NC2CCCS(=O)(=O)C2)cc1. The summed E-state index contributed by atoms with van der Waals surface area (Å²) in [5.41, 5.74) is 2.36. The zero-order chi connectivity index (χ0) is 13.9. The van der Waals surface area contributed by atoms with Crippen molar-refractivity contribution in [2.45, 2.75) is 45.1 Å². The Bertz CT molecular complexity index is 507. The van der Waals surface area contributed by atoms with E-state index in [-0.39, 0.29) is 11.8 Å². The summed E-state index contributed by atoms with van der Waals surface area (Å²) in [6.07, 6.45) is 2.84. The fourth-order valence-corrected chi connectivity index (χ4v) is 4.15. The summed E-state index contributed by atoms with van der Waals surface area (Å²) in [6, 6.07) is 8.45. The number of sulfone groups is 1. The van der Waals surface area contributed by atoms with Gasteiger partial charge in [-0.05, 0) is 42.9 Å². The first-order valence-corrected chi connectivity index (χ1v) is 8.89. The molecule has 1 aromatic rings. The smallest absolute Gasteiger partial charge is 0.152 e. The molecule has 0 spiro atoms. The molecular weight excluding hydrogens is 258 g/mol. The molecule has 1 saturated heterocycles. The molecule has 1 aliphatic heterocycles. The van der Waals surface area contributed by atoms with Gasteiger partial charge in [0.05, 0.1) is 11.5 Å². The second-order valence-electron chi connectivity index (χ2n) is 5.53. The molecule has 3 nitrogen and oxygen atoms in total. The molecule has 1 heterocycles. The van der Waals surface area contributed by atoms with Crippen LogP contribution in [0.5, 0.6) is 0 Å². The Morgan fingerprint density at radius 2 is 2.00 bits per heavy atom. The van der Waals surface area contributed by atoms with E-state index in [0.717, 1.165) is 24.9 Å². The van der Waals surface area contributed by atoms with E-state index in [1.54, 1.807) is 0 Å². The summed E-state index contributed by atoms with van der Waals surface area (Å²) in [7, 11) is -2.84. The van der Waals surface area contributed by atoms with E-state index in [9.17, 15) is 8.42 Å². The van der Waals surface area contributed by atoms with Crippen LogP contribution in [0.4, 0.5) is 5.69 Å². The summed E-state index contributed by atoms with van der Waals surface area (Å²) in [5.74, 6) is 1.18. The van der Waals surface area contributed by atoms with Crippen molar-refractivity contribution in [2.75, 3.05) is 16.8 Å². The van der Waals surface area contributed by atoms with Crippen LogP contribution < -0.4 is 5.32 Å². The largest absolute Gasteiger partial charge is 0.381 e. The van der Waals surface area contributed by atoms with Crippen molar-refractivity contribution in [1.82, 2.24) is 0 Å². The van der Waals surface area contributed by atoms with Crippen LogP contribution in [-0.2, 0) is 9.84 Å². The average Bonchev–Trinajstić information content (AvgIpc) is 2.37. The van der Waals surface area contributed by atoms with E-state index >= 15 is 0 Å². The Hall–Kier alpha value is -1.03. The quantitative estimate of drug-likeness (QED) is 0.922. The lowest BCUT2D eigenvalue weighted by atomic mass is 9.98. The summed E-state index contributed by atoms with van der Waals surface area (Å²) in [5, 5.41) is 3.34. The third kappa shape index (κ3) is 3.96. The molecule has 0 amide bonds. The maximum Gasteiger partial charge on any atom is 0.152 e. The highest BCUT2D eigenvalue weighted by Crippen LogP contribution is 2.22. The first-order valence-electron chi connectivity index (χ1n) is 7.07. The van der Waals surface area contributed by atoms with Crippen molar-refractivity contribution < 1.29 is 8.42 Å². The van der Waals surface area contributed by atoms with Gasteiger partial charge in [0.25, 0.3) is 0 Å². The lowest BCUT2D eigenvalue weighted by molar-refractivity contribution is 0.562. The fraction of sp³-hybridized carbons (Fsp3) is 0.600. The van der Waals surface area contributed by atoms with Crippen molar-refractivity contribution in [1.29, 1.82) is 0 Å². The first kappa shape index (κ1) is 14.4. The lowest BCUT2D eigenvalue weighted by Crippen LogP contribution is -2.34. The lowest BCUT2D eigenvalue weighted by Gasteiger charge is -2.24. The highest BCUT2D eigenvalue weighted by Gasteiger charge is 2.24. The van der Waals surface area contributed by atoms with Crippen molar-refractivity contribution in [2.24, 2.45) is 0 Å². The van der Waals surface area contributed by atoms with Crippen LogP contribution in [0.2, 0.25) is 0 Å². The molecule has 0 aromatic heterocycles. The van der Waals surface area contributed by atoms with E-state index < -0.39 is 9.84 Å². The molecule has 106 valence electrons. The van der Waals surface area contributed by atoms with Crippen molar-refractivity contribution >= 4 is 15.5 Å². The number of hydrogen-bond acceptors (Lipinski definition) is 3. The predicted octanol–water partition coefficient (Wildman–Crippen LogP) is 3.19. The zero-order valence-electron chi connectivity index (χ0n) is 11.7. The number of nitrogens with one attached hydrogen (secondary N) is 1. The normalized spacial score (nSPS) is 23.8. The van der Waals surface area contributed by atoms with E-state index in [0.29, 0.717) is 11.7 Å². The van der Waals surface area contributed by atoms with Gasteiger partial charge < -0.3 is 5.32 Å². The van der Waals surface area contributed by atoms with Gasteiger partial charge in [-0.15, -0.1) is 0 Å². The Balaban J connectivity index is 2.00. The first-order chi connectivity index (χ1) is 9.00. The molecule has 0 saturated carbocycles. The molecule has 2 unspecified atom stereocenters. The highest BCUT2D eigenvalue weighted by atomic mass is 32.2. The van der Waals surface area contributed by atoms with Crippen molar-refractivity contribution in [3.05, 3.63) is 29.8 Å². The molecule has 0 radical (unpaired) electrons. The summed E-state index contributed by atoms with van der Waals surface area (Å²) in [6.45, 7) is 4.40. The summed E-state index contributed by atoms with van der Waals surface area (Å²) in [4.78, 5) is 0. The number of hydrogen-bond donors (Lipinski definition) is 1. The van der Waals surface area contributed by atoms with Gasteiger partial charge in [0, 0.05) is 11.7 Å². The van der Waals surface area contributed by atoms with Crippen LogP contribution in [-0.4, -0.2) is 26.0 Å². The minimum atomic E-state index is -2.84. The molecule has 2 atom stereocenters. The van der Waals surface area contributed by atoms with Gasteiger partial charge in [0.2, 0.25) is 0 Å². The molecule has 19 heavy (non-hydrogen) atoms. The number of benzene rings is 1. The zero-order valence-corrected chi connectivity index (χ0v) is 12.5. The van der Waals surface area contributed by atoms with E-state index in [1.807, 2.05) is 0 Å². The maximum absolute atomic E-state index is 11.6. The molecule has 1 aromatic carbocycles. The third-order valence-corrected chi connectivity index (χ3v) is 5.75. The van der Waals surface area contributed by atoms with Gasteiger partial charge in [-0.25, -0.2) is 8.42 Å². The average molecular weight is 281 g/mol. The van der Waals surface area contributed by atoms with Gasteiger partial charge in [-0.1, -0.05) is 26.0 Å². The number of rotatable bonds is 4. The van der Waals surface area contributed by atoms with Crippen LogP contribution >= 0.6 is 0 Å². The molecule has 1 aliphatic rings. The fourth-order valence-electron chi connectivity index (χ4n) is 2.52. The molecule has 1 N–H and O–H groups in total. The second-order valence-corrected chi connectivity index (χ2v) is 7.76. The maximum atomic E-state index is 11.6. The third-order valence-electron chi connectivity index (χ3n) is 3.93. The molecular formula is C15H23NO2S. The monoisotopic (exact) mass is 281 g/mol. The molecule has 4 heteroatoms. The Kier molecular flexibility index (Phi) is 4.50. The summed E-state index contributed by atoms with van der Waals surface area (Å²) >= 11 is 0. The minimum absolute atomic E-state index is 0.0631. The van der Waals surface area contributed by atoms with E-state index in [1.165, 1.54) is 5.56 Å². The van der Waals surface area contributed by atoms with E-state index in [2.05, 4.69) is 43.4 Å². The standard InChI is InChI=1S/C15H23NO2S/c1-3-12(2)13-6-8-14(9-7-13)16-15-5-4-10-19(17,18)11-15/h6-9,12,15-16H,3-5,10-11H2,1-2H3. The van der Waals surface area contributed by atoms with Gasteiger partial charge in [-0.3, -0.25) is 0 Å². The Labute approximate surface area is 116 Å². The molecule has 0 aliphatic carbocycles. The Morgan fingerprint density at radius 3 is 2.58 bits per heavy atom. The van der Waals surface area contributed by atoms with Crippen LogP contribution in [0.1, 0.15) is 44.6 Å². The Morgan fingerprint density at radius 1 is 1.32 bits per heavy atom. The van der Waals surface area contributed by atoms with Crippen LogP contribution in [0.3, 0.4) is 0 Å². The van der Waals surface area contributed by atoms with Crippen molar-refractivity contribution in [3.8, 4) is 0 Å². The van der Waals surface area contributed by atoms with Crippen LogP contribution in [0.25, 0.3) is 0 Å². The van der Waals surface area contributed by atoms with E-state index in [4.69, 9.17) is 0 Å². The van der Waals surface area contributed by atoms with Gasteiger partial charge in [-0.2, -0.15) is 0 Å². The molecule has 0 bridgehead atoms. The van der Waals surface area contributed by atoms with Crippen LogP contribution in [0, 0.1) is 0 Å². The molecule has 2 rings (SSSR count). The summed E-state index contributed by atoms with van der Waals surface area (Å²) < 4.78 is 23.2. The minimum Gasteiger partial charge on any atom is -0.381 e. The van der Waals surface area contributed by atoms with Crippen molar-refractivity contribution in [3.63, 3.8) is 0 Å². The van der Waals surface area contributed by atoms with Gasteiger partial charge >= 0.3 is 0 Å². The topological polar surface area (TPSA) is 46.2 Å². The van der Waals surface area contributed by atoms with Gasteiger partial charge in [0.15, 0.2) is 9.84 Å².